The van der Waals surface area contributed by atoms with Gasteiger partial charge >= 0.3 is 0 Å². The van der Waals surface area contributed by atoms with E-state index in [2.05, 4.69) is 181 Å². The fourth-order valence-corrected chi connectivity index (χ4v) is 8.60. The normalized spacial score (nSPS) is 11.5. The molecule has 2 nitrogen and oxygen atoms in total. The fraction of sp³-hybridized carbons (Fsp3) is 0. The first-order valence-corrected chi connectivity index (χ1v) is 18.1. The number of fused-ring (bicyclic) bond motifs is 6. The lowest BCUT2D eigenvalue weighted by molar-refractivity contribution is 0.669. The van der Waals surface area contributed by atoms with Crippen LogP contribution in [-0.4, -0.2) is 0 Å². The maximum absolute atomic E-state index is 6.38. The van der Waals surface area contributed by atoms with Crippen molar-refractivity contribution in [1.29, 1.82) is 0 Å². The van der Waals surface area contributed by atoms with Gasteiger partial charge < -0.3 is 9.32 Å². The first kappa shape index (κ1) is 29.5. The van der Waals surface area contributed by atoms with E-state index in [1.54, 1.807) is 0 Å². The zero-order chi connectivity index (χ0) is 33.7. The molecule has 51 heavy (non-hydrogen) atoms. The maximum atomic E-state index is 6.38. The van der Waals surface area contributed by atoms with Crippen molar-refractivity contribution in [1.82, 2.24) is 0 Å². The predicted octanol–water partition coefficient (Wildman–Crippen LogP) is 14.4. The van der Waals surface area contributed by atoms with Gasteiger partial charge in [-0.2, -0.15) is 0 Å². The van der Waals surface area contributed by atoms with Crippen LogP contribution in [0.25, 0.3) is 75.5 Å². The monoisotopic (exact) mass is 669 g/mol. The van der Waals surface area contributed by atoms with Gasteiger partial charge in [-0.05, 0) is 81.9 Å². The molecule has 10 rings (SSSR count). The van der Waals surface area contributed by atoms with Crippen LogP contribution in [0, 0.1) is 0 Å². The number of rotatable bonds is 6. The average molecular weight is 670 g/mol. The van der Waals surface area contributed by atoms with E-state index < -0.39 is 0 Å². The Balaban J connectivity index is 1.07. The minimum atomic E-state index is 0.881. The summed E-state index contributed by atoms with van der Waals surface area (Å²) in [4.78, 5) is 2.38. The third kappa shape index (κ3) is 5.10. The maximum Gasteiger partial charge on any atom is 0.137 e. The Morgan fingerprint density at radius 1 is 0.373 bits per heavy atom. The summed E-state index contributed by atoms with van der Waals surface area (Å²) in [5.74, 6) is 0. The van der Waals surface area contributed by atoms with E-state index >= 15 is 0 Å². The minimum absolute atomic E-state index is 0.881. The molecular formula is C48H31NOS. The number of thiophene rings is 1. The third-order valence-corrected chi connectivity index (χ3v) is 11.0. The summed E-state index contributed by atoms with van der Waals surface area (Å²) in [5.41, 5.74) is 12.3. The highest BCUT2D eigenvalue weighted by Gasteiger charge is 2.20. The summed E-state index contributed by atoms with van der Waals surface area (Å²) in [6, 6.07) is 67.4. The number of nitrogens with zero attached hydrogens (tertiary/aromatic N) is 1. The van der Waals surface area contributed by atoms with Crippen LogP contribution in [0.5, 0.6) is 0 Å². The molecule has 0 atom stereocenters. The van der Waals surface area contributed by atoms with Crippen LogP contribution in [0.3, 0.4) is 0 Å². The molecule has 240 valence electrons. The van der Waals surface area contributed by atoms with Crippen LogP contribution < -0.4 is 4.90 Å². The van der Waals surface area contributed by atoms with Crippen LogP contribution in [-0.2, 0) is 0 Å². The Labute approximate surface area is 300 Å². The molecule has 8 aromatic carbocycles. The second-order valence-corrected chi connectivity index (χ2v) is 14.0. The molecule has 0 N–H and O–H groups in total. The van der Waals surface area contributed by atoms with Gasteiger partial charge in [-0.15, -0.1) is 11.3 Å². The lowest BCUT2D eigenvalue weighted by Gasteiger charge is -2.26. The van der Waals surface area contributed by atoms with Gasteiger partial charge in [0.15, 0.2) is 0 Å². The van der Waals surface area contributed by atoms with Crippen molar-refractivity contribution in [2.75, 3.05) is 4.90 Å². The van der Waals surface area contributed by atoms with Gasteiger partial charge in [0, 0.05) is 48.4 Å². The molecule has 3 heteroatoms. The third-order valence-electron chi connectivity index (χ3n) is 9.91. The molecule has 0 radical (unpaired) electrons. The second-order valence-electron chi connectivity index (χ2n) is 12.9. The number of hydrogen-bond donors (Lipinski definition) is 0. The van der Waals surface area contributed by atoms with E-state index in [0.29, 0.717) is 0 Å². The number of furan rings is 1. The van der Waals surface area contributed by atoms with Gasteiger partial charge in [0.25, 0.3) is 0 Å². The fourth-order valence-electron chi connectivity index (χ4n) is 7.47. The quantitative estimate of drug-likeness (QED) is 0.175. The van der Waals surface area contributed by atoms with Gasteiger partial charge in [0.1, 0.15) is 11.2 Å². The summed E-state index contributed by atoms with van der Waals surface area (Å²) in [7, 11) is 0. The van der Waals surface area contributed by atoms with Crippen molar-refractivity contribution in [2.24, 2.45) is 0 Å². The summed E-state index contributed by atoms with van der Waals surface area (Å²) in [5, 5.41) is 4.79. The standard InChI is InChI=1S/C48H31NOS/c1-2-11-34(12-3-1)38-13-4-5-14-39(38)35-23-21-32(22-24-35)33-25-27-36(28-26-33)49(37-29-30-41-40-15-6-8-18-44(40)50-45(41)31-37)43-17-10-20-47-48(43)42-16-7-9-19-46(42)51-47/h1-31H. The highest BCUT2D eigenvalue weighted by atomic mass is 32.1. The Morgan fingerprint density at radius 2 is 0.941 bits per heavy atom. The zero-order valence-corrected chi connectivity index (χ0v) is 28.5. The Hall–Kier alpha value is -6.42. The Morgan fingerprint density at radius 3 is 1.73 bits per heavy atom. The van der Waals surface area contributed by atoms with Gasteiger partial charge in [-0.3, -0.25) is 0 Å². The average Bonchev–Trinajstić information content (AvgIpc) is 3.77. The van der Waals surface area contributed by atoms with Crippen LogP contribution in [0.2, 0.25) is 0 Å². The van der Waals surface area contributed by atoms with E-state index in [1.165, 1.54) is 53.6 Å². The van der Waals surface area contributed by atoms with E-state index in [9.17, 15) is 0 Å². The zero-order valence-electron chi connectivity index (χ0n) is 27.7. The van der Waals surface area contributed by atoms with Crippen molar-refractivity contribution in [3.8, 4) is 33.4 Å². The first-order chi connectivity index (χ1) is 25.3. The van der Waals surface area contributed by atoms with Crippen molar-refractivity contribution >= 4 is 70.5 Å². The predicted molar refractivity (Wildman–Crippen MR) is 218 cm³/mol. The van der Waals surface area contributed by atoms with Crippen LogP contribution >= 0.6 is 11.3 Å². The Bertz CT molecular complexity index is 2850. The molecule has 0 saturated carbocycles. The highest BCUT2D eigenvalue weighted by Crippen LogP contribution is 2.46. The van der Waals surface area contributed by atoms with Gasteiger partial charge in [0.2, 0.25) is 0 Å². The van der Waals surface area contributed by atoms with Gasteiger partial charge in [-0.25, -0.2) is 0 Å². The molecule has 2 heterocycles. The van der Waals surface area contributed by atoms with Gasteiger partial charge in [-0.1, -0.05) is 133 Å². The van der Waals surface area contributed by atoms with Crippen molar-refractivity contribution in [3.05, 3.63) is 188 Å². The molecule has 0 aliphatic carbocycles. The van der Waals surface area contributed by atoms with Gasteiger partial charge in [0.05, 0.1) is 5.69 Å². The number of hydrogen-bond acceptors (Lipinski definition) is 3. The first-order valence-electron chi connectivity index (χ1n) is 17.3. The molecule has 0 fully saturated rings. The van der Waals surface area contributed by atoms with Crippen molar-refractivity contribution in [2.45, 2.75) is 0 Å². The molecule has 0 unspecified atom stereocenters. The second kappa shape index (κ2) is 12.2. The molecule has 10 aromatic rings. The smallest absolute Gasteiger partial charge is 0.137 e. The summed E-state index contributed by atoms with van der Waals surface area (Å²) >= 11 is 1.84. The molecule has 2 aromatic heterocycles. The van der Waals surface area contributed by atoms with Crippen molar-refractivity contribution in [3.63, 3.8) is 0 Å². The molecule has 0 aliphatic heterocycles. The van der Waals surface area contributed by atoms with E-state index in [0.717, 1.165) is 39.0 Å². The highest BCUT2D eigenvalue weighted by molar-refractivity contribution is 7.26. The number of para-hydroxylation sites is 1. The SMILES string of the molecule is c1ccc(-c2ccccc2-c2ccc(-c3ccc(N(c4ccc5c(c4)oc4ccccc45)c4cccc5sc6ccccc6c45)cc3)cc2)cc1. The molecule has 0 amide bonds. The molecular weight excluding hydrogens is 639 g/mol. The van der Waals surface area contributed by atoms with E-state index in [1.807, 2.05) is 23.5 Å². The van der Waals surface area contributed by atoms with E-state index in [4.69, 9.17) is 4.42 Å². The number of anilines is 3. The molecule has 0 saturated heterocycles. The number of benzene rings is 8. The largest absolute Gasteiger partial charge is 0.456 e. The summed E-state index contributed by atoms with van der Waals surface area (Å²) < 4.78 is 8.95. The lowest BCUT2D eigenvalue weighted by atomic mass is 9.93. The molecule has 0 spiro atoms. The van der Waals surface area contributed by atoms with Crippen molar-refractivity contribution < 1.29 is 4.42 Å². The van der Waals surface area contributed by atoms with Crippen LogP contribution in [0.1, 0.15) is 0 Å². The summed E-state index contributed by atoms with van der Waals surface area (Å²) in [6.45, 7) is 0. The Kier molecular flexibility index (Phi) is 7.04. The minimum Gasteiger partial charge on any atom is -0.456 e. The van der Waals surface area contributed by atoms with Crippen LogP contribution in [0.15, 0.2) is 192 Å². The molecule has 0 aliphatic rings. The topological polar surface area (TPSA) is 16.4 Å². The summed E-state index contributed by atoms with van der Waals surface area (Å²) in [6.07, 6.45) is 0. The lowest BCUT2D eigenvalue weighted by Crippen LogP contribution is -2.10. The molecule has 0 bridgehead atoms. The van der Waals surface area contributed by atoms with Crippen LogP contribution in [0.4, 0.5) is 17.1 Å². The van der Waals surface area contributed by atoms with E-state index in [-0.39, 0.29) is 0 Å².